The number of hydrogen-bond donors (Lipinski definition) is 0. The Hall–Kier alpha value is -2.34. The minimum absolute atomic E-state index is 0.154. The molecule has 1 aromatic carbocycles. The normalized spacial score (nSPS) is 16.6. The molecule has 0 N–H and O–H groups in total. The Labute approximate surface area is 160 Å². The summed E-state index contributed by atoms with van der Waals surface area (Å²) in [5, 5.41) is 0. The lowest BCUT2D eigenvalue weighted by Crippen LogP contribution is -2.37. The van der Waals surface area contributed by atoms with Gasteiger partial charge in [0, 0.05) is 36.9 Å². The highest BCUT2D eigenvalue weighted by Gasteiger charge is 2.23. The summed E-state index contributed by atoms with van der Waals surface area (Å²) in [7, 11) is 0. The molecule has 0 radical (unpaired) electrons. The molecule has 4 rings (SSSR count). The van der Waals surface area contributed by atoms with Crippen LogP contribution in [0.15, 0.2) is 23.2 Å². The molecule has 2 aromatic rings. The second kappa shape index (κ2) is 7.35. The first kappa shape index (κ1) is 18.0. The Morgan fingerprint density at radius 2 is 1.93 bits per heavy atom. The van der Waals surface area contributed by atoms with Crippen molar-refractivity contribution in [3.05, 3.63) is 35.2 Å². The van der Waals surface area contributed by atoms with Crippen molar-refractivity contribution in [1.29, 1.82) is 0 Å². The molecule has 0 spiro atoms. The average Bonchev–Trinajstić information content (AvgIpc) is 3.17. The van der Waals surface area contributed by atoms with Crippen molar-refractivity contribution in [2.45, 2.75) is 40.2 Å². The first-order chi connectivity index (χ1) is 13.1. The molecular weight excluding hydrogens is 338 g/mol. The lowest BCUT2D eigenvalue weighted by atomic mass is 9.86. The van der Waals surface area contributed by atoms with Crippen molar-refractivity contribution in [3.63, 3.8) is 0 Å². The third-order valence-corrected chi connectivity index (χ3v) is 5.48. The maximum atomic E-state index is 5.49. The molecule has 2 aliphatic rings. The smallest absolute Gasteiger partial charge is 0.229 e. The maximum absolute atomic E-state index is 5.49. The third-order valence-electron chi connectivity index (χ3n) is 5.48. The van der Waals surface area contributed by atoms with Crippen molar-refractivity contribution in [2.75, 3.05) is 31.2 Å². The predicted molar refractivity (Wildman–Crippen MR) is 107 cm³/mol. The van der Waals surface area contributed by atoms with E-state index in [2.05, 4.69) is 48.9 Å². The number of nitrogens with zero attached hydrogens (tertiary/aromatic N) is 5. The van der Waals surface area contributed by atoms with Crippen LogP contribution in [0, 0.1) is 5.41 Å². The molecular formula is C21H27N5O. The number of ether oxygens (including phenoxy) is 1. The van der Waals surface area contributed by atoms with Crippen molar-refractivity contribution in [2.24, 2.45) is 10.4 Å². The molecule has 1 fully saturated rings. The molecule has 27 heavy (non-hydrogen) atoms. The second-order valence-electron chi connectivity index (χ2n) is 8.02. The zero-order chi connectivity index (χ0) is 18.9. The molecule has 6 heteroatoms. The molecule has 0 amide bonds. The molecule has 0 saturated carbocycles. The molecule has 3 heterocycles. The summed E-state index contributed by atoms with van der Waals surface area (Å²) in [6.45, 7) is 10.5. The summed E-state index contributed by atoms with van der Waals surface area (Å²) < 4.78 is 5.49. The molecule has 1 saturated heterocycles. The highest BCUT2D eigenvalue weighted by molar-refractivity contribution is 5.92. The van der Waals surface area contributed by atoms with Crippen LogP contribution in [0.3, 0.4) is 0 Å². The van der Waals surface area contributed by atoms with Gasteiger partial charge < -0.3 is 9.64 Å². The Bertz CT molecular complexity index is 856. The SMILES string of the molecule is CCC(C)(C)Cc1nc(-c2cccc3c2C=NC3)nc(N2CCOCC2)n1. The van der Waals surface area contributed by atoms with E-state index in [1.807, 2.05) is 6.21 Å². The minimum atomic E-state index is 0.154. The number of aliphatic imine (C=N–C) groups is 1. The number of rotatable bonds is 5. The van der Waals surface area contributed by atoms with Crippen molar-refractivity contribution >= 4 is 12.2 Å². The summed E-state index contributed by atoms with van der Waals surface area (Å²) >= 11 is 0. The van der Waals surface area contributed by atoms with Crippen molar-refractivity contribution in [3.8, 4) is 11.4 Å². The number of aromatic nitrogens is 3. The molecule has 0 unspecified atom stereocenters. The van der Waals surface area contributed by atoms with Crippen LogP contribution in [0.25, 0.3) is 11.4 Å². The van der Waals surface area contributed by atoms with Crippen LogP contribution >= 0.6 is 0 Å². The van der Waals surface area contributed by atoms with Crippen LogP contribution in [-0.4, -0.2) is 47.5 Å². The van der Waals surface area contributed by atoms with E-state index in [1.54, 1.807) is 0 Å². The van der Waals surface area contributed by atoms with Crippen LogP contribution in [0.5, 0.6) is 0 Å². The fraction of sp³-hybridized carbons (Fsp3) is 0.524. The van der Waals surface area contributed by atoms with Crippen LogP contribution in [-0.2, 0) is 17.7 Å². The van der Waals surface area contributed by atoms with Gasteiger partial charge in [0.15, 0.2) is 5.82 Å². The summed E-state index contributed by atoms with van der Waals surface area (Å²) in [4.78, 5) is 21.2. The number of morpholine rings is 1. The van der Waals surface area contributed by atoms with E-state index in [0.717, 1.165) is 61.2 Å². The topological polar surface area (TPSA) is 63.5 Å². The maximum Gasteiger partial charge on any atom is 0.229 e. The third kappa shape index (κ3) is 3.86. The number of fused-ring (bicyclic) bond motifs is 1. The molecule has 0 bridgehead atoms. The number of hydrogen-bond acceptors (Lipinski definition) is 6. The van der Waals surface area contributed by atoms with Gasteiger partial charge in [-0.05, 0) is 11.0 Å². The van der Waals surface area contributed by atoms with E-state index in [-0.39, 0.29) is 5.41 Å². The zero-order valence-electron chi connectivity index (χ0n) is 16.4. The highest BCUT2D eigenvalue weighted by atomic mass is 16.5. The van der Waals surface area contributed by atoms with Crippen LogP contribution in [0.2, 0.25) is 0 Å². The Morgan fingerprint density at radius 1 is 1.11 bits per heavy atom. The van der Waals surface area contributed by atoms with E-state index in [1.165, 1.54) is 5.56 Å². The van der Waals surface area contributed by atoms with Gasteiger partial charge in [0.1, 0.15) is 5.82 Å². The van der Waals surface area contributed by atoms with Gasteiger partial charge >= 0.3 is 0 Å². The summed E-state index contributed by atoms with van der Waals surface area (Å²) in [6, 6.07) is 6.27. The molecule has 2 aliphatic heterocycles. The van der Waals surface area contributed by atoms with E-state index < -0.39 is 0 Å². The largest absolute Gasteiger partial charge is 0.378 e. The quantitative estimate of drug-likeness (QED) is 0.814. The average molecular weight is 365 g/mol. The monoisotopic (exact) mass is 365 g/mol. The summed E-state index contributed by atoms with van der Waals surface area (Å²) in [6.07, 6.45) is 3.85. The minimum Gasteiger partial charge on any atom is -0.378 e. The van der Waals surface area contributed by atoms with Gasteiger partial charge in [-0.2, -0.15) is 9.97 Å². The zero-order valence-corrected chi connectivity index (χ0v) is 16.4. The molecule has 6 nitrogen and oxygen atoms in total. The lowest BCUT2D eigenvalue weighted by Gasteiger charge is -2.28. The van der Waals surface area contributed by atoms with Crippen LogP contribution in [0.4, 0.5) is 5.95 Å². The summed E-state index contributed by atoms with van der Waals surface area (Å²) in [5.74, 6) is 2.37. The number of benzene rings is 1. The second-order valence-corrected chi connectivity index (χ2v) is 8.02. The van der Waals surface area contributed by atoms with Gasteiger partial charge in [0.2, 0.25) is 5.95 Å². The van der Waals surface area contributed by atoms with Crippen LogP contribution in [0.1, 0.15) is 44.1 Å². The Balaban J connectivity index is 1.78. The lowest BCUT2D eigenvalue weighted by molar-refractivity contribution is 0.122. The van der Waals surface area contributed by atoms with Gasteiger partial charge in [-0.1, -0.05) is 45.4 Å². The first-order valence-corrected chi connectivity index (χ1v) is 9.75. The fourth-order valence-electron chi connectivity index (χ4n) is 3.40. The van der Waals surface area contributed by atoms with Gasteiger partial charge in [0.05, 0.1) is 19.8 Å². The molecule has 1 aromatic heterocycles. The van der Waals surface area contributed by atoms with Crippen LogP contribution < -0.4 is 4.90 Å². The Morgan fingerprint density at radius 3 is 2.70 bits per heavy atom. The summed E-state index contributed by atoms with van der Waals surface area (Å²) in [5.41, 5.74) is 3.57. The van der Waals surface area contributed by atoms with Gasteiger partial charge in [-0.3, -0.25) is 4.99 Å². The van der Waals surface area contributed by atoms with E-state index in [4.69, 9.17) is 19.7 Å². The van der Waals surface area contributed by atoms with E-state index in [0.29, 0.717) is 13.2 Å². The van der Waals surface area contributed by atoms with Gasteiger partial charge in [-0.15, -0.1) is 0 Å². The van der Waals surface area contributed by atoms with Crippen molar-refractivity contribution in [1.82, 2.24) is 15.0 Å². The molecule has 0 aliphatic carbocycles. The molecule has 0 atom stereocenters. The Kier molecular flexibility index (Phi) is 4.91. The van der Waals surface area contributed by atoms with Gasteiger partial charge in [-0.25, -0.2) is 4.98 Å². The van der Waals surface area contributed by atoms with Crippen molar-refractivity contribution < 1.29 is 4.74 Å². The fourth-order valence-corrected chi connectivity index (χ4v) is 3.40. The standard InChI is InChI=1S/C21H27N5O/c1-4-21(2,3)12-18-23-19(16-7-5-6-15-13-22-14-17(15)16)25-20(24-18)26-8-10-27-11-9-26/h5-7,14H,4,8-13H2,1-3H3. The van der Waals surface area contributed by atoms with Gasteiger partial charge in [0.25, 0.3) is 0 Å². The first-order valence-electron chi connectivity index (χ1n) is 9.75. The van der Waals surface area contributed by atoms with E-state index in [9.17, 15) is 0 Å². The molecule has 142 valence electrons. The van der Waals surface area contributed by atoms with E-state index >= 15 is 0 Å². The number of anilines is 1. The predicted octanol–water partition coefficient (Wildman–Crippen LogP) is 3.29. The highest BCUT2D eigenvalue weighted by Crippen LogP contribution is 2.29.